The lowest BCUT2D eigenvalue weighted by Crippen LogP contribution is -2.39. The summed E-state index contributed by atoms with van der Waals surface area (Å²) < 4.78 is 21.7. The number of nitrogens with zero attached hydrogens (tertiary/aromatic N) is 2. The van der Waals surface area contributed by atoms with Gasteiger partial charge in [-0.1, -0.05) is 56.3 Å². The third-order valence-corrected chi connectivity index (χ3v) is 7.31. The van der Waals surface area contributed by atoms with Crippen molar-refractivity contribution >= 4 is 11.7 Å². The van der Waals surface area contributed by atoms with E-state index in [2.05, 4.69) is 18.7 Å². The Bertz CT molecular complexity index is 1320. The highest BCUT2D eigenvalue weighted by Gasteiger charge is 2.36. The number of aliphatic carboxylic acids is 1. The van der Waals surface area contributed by atoms with Gasteiger partial charge in [0.05, 0.1) is 11.3 Å². The number of rotatable bonds is 6. The van der Waals surface area contributed by atoms with Gasteiger partial charge >= 0.3 is 5.97 Å². The average Bonchev–Trinajstić information content (AvgIpc) is 2.82. The topological polar surface area (TPSA) is 62.7 Å². The minimum absolute atomic E-state index is 0.200. The van der Waals surface area contributed by atoms with E-state index >= 15 is 4.39 Å². The Kier molecular flexibility index (Phi) is 7.67. The van der Waals surface area contributed by atoms with Crippen LogP contribution in [0.4, 0.5) is 10.1 Å². The molecule has 0 saturated carbocycles. The van der Waals surface area contributed by atoms with E-state index in [4.69, 9.17) is 9.72 Å². The van der Waals surface area contributed by atoms with E-state index in [1.165, 1.54) is 0 Å². The Hall–Kier alpha value is -3.25. The summed E-state index contributed by atoms with van der Waals surface area (Å²) in [6.45, 7) is 15.3. The zero-order valence-electron chi connectivity index (χ0n) is 23.6. The second-order valence-electron chi connectivity index (χ2n) is 12.1. The minimum Gasteiger partial charge on any atom is -0.479 e. The van der Waals surface area contributed by atoms with E-state index in [0.29, 0.717) is 22.4 Å². The Labute approximate surface area is 225 Å². The molecule has 1 atom stereocenters. The van der Waals surface area contributed by atoms with Crippen molar-refractivity contribution in [3.05, 3.63) is 71.3 Å². The van der Waals surface area contributed by atoms with Crippen molar-refractivity contribution in [3.63, 3.8) is 0 Å². The van der Waals surface area contributed by atoms with Gasteiger partial charge in [0.2, 0.25) is 0 Å². The van der Waals surface area contributed by atoms with Crippen LogP contribution in [0.3, 0.4) is 0 Å². The summed E-state index contributed by atoms with van der Waals surface area (Å²) in [4.78, 5) is 19.7. The number of anilines is 1. The molecule has 1 aliphatic heterocycles. The molecule has 2 aromatic carbocycles. The molecule has 5 nitrogen and oxygen atoms in total. The second kappa shape index (κ2) is 10.5. The molecule has 0 unspecified atom stereocenters. The number of halogens is 1. The third kappa shape index (κ3) is 5.91. The molecule has 1 aliphatic rings. The quantitative estimate of drug-likeness (QED) is 0.362. The molecule has 1 saturated heterocycles. The largest absolute Gasteiger partial charge is 0.479 e. The first-order valence-corrected chi connectivity index (χ1v) is 13.3. The van der Waals surface area contributed by atoms with Crippen molar-refractivity contribution < 1.29 is 19.0 Å². The molecule has 0 aliphatic carbocycles. The van der Waals surface area contributed by atoms with Gasteiger partial charge in [0.25, 0.3) is 0 Å². The van der Waals surface area contributed by atoms with Crippen LogP contribution in [-0.4, -0.2) is 34.8 Å². The summed E-state index contributed by atoms with van der Waals surface area (Å²) in [5.74, 6) is -1.40. The molecule has 3 aromatic rings. The highest BCUT2D eigenvalue weighted by atomic mass is 19.1. The van der Waals surface area contributed by atoms with Crippen molar-refractivity contribution in [2.24, 2.45) is 5.41 Å². The van der Waals surface area contributed by atoms with Crippen molar-refractivity contribution in [2.45, 2.75) is 73.0 Å². The number of aryl methyl sites for hydroxylation is 2. The van der Waals surface area contributed by atoms with Crippen LogP contribution in [0.2, 0.25) is 0 Å². The standard InChI is InChI=1S/C32H39FN2O3/c1-20-26(23-13-14-24(25(33)19-23)22-11-9-8-10-12-22)28(35-17-15-32(6,7)16-18-35)27(21(2)34-20)29(30(36)37)38-31(3,4)5/h8-14,19,29H,15-18H2,1-7H3,(H,36,37)/t29-/m0/s1. The van der Waals surface area contributed by atoms with Gasteiger partial charge in [0, 0.05) is 41.2 Å². The normalized spacial score (nSPS) is 16.4. The molecular formula is C32H39FN2O3. The maximum absolute atomic E-state index is 15.6. The number of pyridine rings is 1. The highest BCUT2D eigenvalue weighted by molar-refractivity contribution is 5.88. The number of carboxylic acids is 1. The lowest BCUT2D eigenvalue weighted by molar-refractivity contribution is -0.160. The predicted octanol–water partition coefficient (Wildman–Crippen LogP) is 7.74. The summed E-state index contributed by atoms with van der Waals surface area (Å²) in [7, 11) is 0. The first-order chi connectivity index (χ1) is 17.8. The highest BCUT2D eigenvalue weighted by Crippen LogP contribution is 2.45. The predicted molar refractivity (Wildman–Crippen MR) is 151 cm³/mol. The first-order valence-electron chi connectivity index (χ1n) is 13.3. The molecule has 4 rings (SSSR count). The smallest absolute Gasteiger partial charge is 0.337 e. The van der Waals surface area contributed by atoms with E-state index in [1.54, 1.807) is 12.1 Å². The number of hydrogen-bond acceptors (Lipinski definition) is 4. The summed E-state index contributed by atoms with van der Waals surface area (Å²) >= 11 is 0. The molecule has 1 aromatic heterocycles. The van der Waals surface area contributed by atoms with Crippen LogP contribution >= 0.6 is 0 Å². The first kappa shape index (κ1) is 27.8. The molecule has 6 heteroatoms. The molecule has 38 heavy (non-hydrogen) atoms. The van der Waals surface area contributed by atoms with Crippen LogP contribution in [0.1, 0.15) is 70.5 Å². The van der Waals surface area contributed by atoms with E-state index in [1.807, 2.05) is 71.0 Å². The summed E-state index contributed by atoms with van der Waals surface area (Å²) in [5.41, 5.74) is 4.94. The lowest BCUT2D eigenvalue weighted by atomic mass is 9.81. The van der Waals surface area contributed by atoms with Crippen LogP contribution in [0.15, 0.2) is 48.5 Å². The van der Waals surface area contributed by atoms with Crippen LogP contribution in [0.25, 0.3) is 22.3 Å². The summed E-state index contributed by atoms with van der Waals surface area (Å²) in [6.07, 6.45) is 0.719. The molecule has 0 spiro atoms. The number of piperidine rings is 1. The third-order valence-electron chi connectivity index (χ3n) is 7.31. The van der Waals surface area contributed by atoms with Gasteiger partial charge in [-0.15, -0.1) is 0 Å². The van der Waals surface area contributed by atoms with Crippen molar-refractivity contribution in [1.29, 1.82) is 0 Å². The average molecular weight is 519 g/mol. The molecule has 2 heterocycles. The van der Waals surface area contributed by atoms with E-state index in [0.717, 1.165) is 48.4 Å². The van der Waals surface area contributed by atoms with E-state index < -0.39 is 17.7 Å². The molecule has 0 amide bonds. The molecular weight excluding hydrogens is 479 g/mol. The van der Waals surface area contributed by atoms with Crippen LogP contribution < -0.4 is 4.90 Å². The number of hydrogen-bond donors (Lipinski definition) is 1. The van der Waals surface area contributed by atoms with Crippen molar-refractivity contribution in [1.82, 2.24) is 4.98 Å². The van der Waals surface area contributed by atoms with Gasteiger partial charge in [-0.05, 0) is 70.1 Å². The second-order valence-corrected chi connectivity index (χ2v) is 12.1. The molecule has 1 fully saturated rings. The zero-order valence-corrected chi connectivity index (χ0v) is 23.6. The van der Waals surface area contributed by atoms with E-state index in [9.17, 15) is 9.90 Å². The van der Waals surface area contributed by atoms with Crippen molar-refractivity contribution in [2.75, 3.05) is 18.0 Å². The monoisotopic (exact) mass is 518 g/mol. The Morgan fingerprint density at radius 1 is 1.03 bits per heavy atom. The van der Waals surface area contributed by atoms with Gasteiger partial charge in [-0.25, -0.2) is 9.18 Å². The molecule has 0 bridgehead atoms. The minimum atomic E-state index is -1.21. The SMILES string of the molecule is Cc1nc(C)c([C@H](OC(C)(C)C)C(=O)O)c(N2CCC(C)(C)CC2)c1-c1ccc(-c2ccccc2)c(F)c1. The lowest BCUT2D eigenvalue weighted by Gasteiger charge is -2.41. The molecule has 202 valence electrons. The van der Waals surface area contributed by atoms with Gasteiger partial charge in [0.15, 0.2) is 6.10 Å². The van der Waals surface area contributed by atoms with Gasteiger partial charge < -0.3 is 14.7 Å². The molecule has 0 radical (unpaired) electrons. The number of carbonyl (C=O) groups is 1. The fourth-order valence-electron chi connectivity index (χ4n) is 5.28. The summed E-state index contributed by atoms with van der Waals surface area (Å²) in [5, 5.41) is 10.3. The zero-order chi connectivity index (χ0) is 27.8. The van der Waals surface area contributed by atoms with Crippen LogP contribution in [-0.2, 0) is 9.53 Å². The van der Waals surface area contributed by atoms with Gasteiger partial charge in [-0.3, -0.25) is 4.98 Å². The van der Waals surface area contributed by atoms with Crippen LogP contribution in [0.5, 0.6) is 0 Å². The number of benzene rings is 2. The van der Waals surface area contributed by atoms with Crippen LogP contribution in [0, 0.1) is 25.1 Å². The van der Waals surface area contributed by atoms with Gasteiger partial charge in [0.1, 0.15) is 5.82 Å². The number of aromatic nitrogens is 1. The van der Waals surface area contributed by atoms with Crippen molar-refractivity contribution in [3.8, 4) is 22.3 Å². The Morgan fingerprint density at radius 2 is 1.66 bits per heavy atom. The number of ether oxygens (including phenoxy) is 1. The fourth-order valence-corrected chi connectivity index (χ4v) is 5.28. The maximum Gasteiger partial charge on any atom is 0.337 e. The molecule has 1 N–H and O–H groups in total. The maximum atomic E-state index is 15.6. The number of carboxylic acid groups (broad SMARTS) is 1. The van der Waals surface area contributed by atoms with Gasteiger partial charge in [-0.2, -0.15) is 0 Å². The van der Waals surface area contributed by atoms with E-state index in [-0.39, 0.29) is 11.2 Å². The Morgan fingerprint density at radius 3 is 2.21 bits per heavy atom. The fraction of sp³-hybridized carbons (Fsp3) is 0.438. The summed E-state index contributed by atoms with van der Waals surface area (Å²) in [6, 6.07) is 14.7. The Balaban J connectivity index is 1.95.